The van der Waals surface area contributed by atoms with Crippen molar-refractivity contribution in [2.24, 2.45) is 62.2 Å². The highest BCUT2D eigenvalue weighted by Crippen LogP contribution is 2.71. The maximum absolute atomic E-state index is 13.9. The minimum atomic E-state index is -0.553. The second kappa shape index (κ2) is 20.6. The van der Waals surface area contributed by atoms with Gasteiger partial charge in [0.05, 0.1) is 11.8 Å². The third-order valence-corrected chi connectivity index (χ3v) is 14.3. The first-order chi connectivity index (χ1) is 27.2. The van der Waals surface area contributed by atoms with E-state index < -0.39 is 12.1 Å². The van der Waals surface area contributed by atoms with Gasteiger partial charge in [-0.1, -0.05) is 93.2 Å². The fourth-order valence-corrected chi connectivity index (χ4v) is 11.9. The van der Waals surface area contributed by atoms with E-state index in [0.717, 1.165) is 57.5 Å². The van der Waals surface area contributed by atoms with Gasteiger partial charge in [0, 0.05) is 49.0 Å². The number of pyridine rings is 1. The van der Waals surface area contributed by atoms with Gasteiger partial charge >= 0.3 is 0 Å². The molecule has 4 fully saturated rings. The number of Topliss-reactive ketones (excluding diaryl/α,β-unsaturated/α-hetero) is 1. The number of aliphatic hydroxyl groups excluding tert-OH is 1. The highest BCUT2D eigenvalue weighted by molar-refractivity contribution is 6.01. The van der Waals surface area contributed by atoms with E-state index in [0.29, 0.717) is 65.8 Å². The van der Waals surface area contributed by atoms with Crippen molar-refractivity contribution in [3.63, 3.8) is 0 Å². The lowest BCUT2D eigenvalue weighted by molar-refractivity contribution is -0.164. The van der Waals surface area contributed by atoms with Crippen LogP contribution in [-0.2, 0) is 32.3 Å². The van der Waals surface area contributed by atoms with Crippen molar-refractivity contribution in [1.82, 2.24) is 4.98 Å². The average Bonchev–Trinajstić information content (AvgIpc) is 3.53. The molecule has 57 heavy (non-hydrogen) atoms. The van der Waals surface area contributed by atoms with Crippen molar-refractivity contribution < 1.29 is 28.6 Å². The number of hydrogen-bond acceptors (Lipinski definition) is 8. The van der Waals surface area contributed by atoms with Crippen molar-refractivity contribution >= 4 is 18.0 Å². The van der Waals surface area contributed by atoms with Crippen LogP contribution in [0.2, 0.25) is 0 Å². The summed E-state index contributed by atoms with van der Waals surface area (Å²) >= 11 is 0. The summed E-state index contributed by atoms with van der Waals surface area (Å²) in [5.41, 5.74) is 6.28. The van der Waals surface area contributed by atoms with Crippen LogP contribution < -0.4 is 5.84 Å². The van der Waals surface area contributed by atoms with Gasteiger partial charge in [0.2, 0.25) is 5.90 Å². The molecule has 3 N–H and O–H groups in total. The van der Waals surface area contributed by atoms with E-state index in [2.05, 4.69) is 50.1 Å². The minimum absolute atomic E-state index is 0.139. The van der Waals surface area contributed by atoms with Crippen molar-refractivity contribution in [2.75, 3.05) is 7.11 Å². The molecule has 9 heteroatoms. The van der Waals surface area contributed by atoms with Crippen LogP contribution >= 0.6 is 0 Å². The zero-order valence-corrected chi connectivity index (χ0v) is 37.3. The summed E-state index contributed by atoms with van der Waals surface area (Å²) in [6.07, 6.45) is 14.1. The van der Waals surface area contributed by atoms with E-state index in [-0.39, 0.29) is 40.7 Å². The second-order valence-electron chi connectivity index (χ2n) is 18.2. The standard InChI is InChI=1S/C43H60FN3O4.2C2H6.CH4O/c1-8-31(20-40(4,5)26-48)51-32-14-17-41(6)29(19-32)13-16-42(7)34-15-18-43(22-37(47-45)50-25-30-10-9-28(23-44)24-46-30)21-35(49)38(27(2)3)39(43)33(34)11-12-36(41)42;3*1-2/h9-10,24,26-27,29,32-34,36H,1,11-23,25,45H2,2-7H3;2*1-2H3;2H,1H3/b47-37-;;;. The fraction of sp³-hybridized carbons (Fsp3) is 0.729. The largest absolute Gasteiger partial charge is 0.487 e. The molecule has 5 aliphatic rings. The first kappa shape index (κ1) is 48.1. The summed E-state index contributed by atoms with van der Waals surface area (Å²) in [6.45, 7) is 24.9. The lowest BCUT2D eigenvalue weighted by Gasteiger charge is -2.66. The molecule has 0 saturated heterocycles. The Morgan fingerprint density at radius 1 is 1.09 bits per heavy atom. The van der Waals surface area contributed by atoms with Gasteiger partial charge in [-0.05, 0) is 110 Å². The highest BCUT2D eigenvalue weighted by atomic mass is 19.1. The summed E-state index contributed by atoms with van der Waals surface area (Å²) in [5.74, 6) is 9.70. The van der Waals surface area contributed by atoms with Crippen LogP contribution in [0.4, 0.5) is 4.39 Å². The molecule has 6 rings (SSSR count). The van der Waals surface area contributed by atoms with Gasteiger partial charge in [0.25, 0.3) is 0 Å². The number of carbonyl (C=O) groups is 2. The van der Waals surface area contributed by atoms with E-state index in [9.17, 15) is 14.0 Å². The number of aldehydes is 1. The Morgan fingerprint density at radius 2 is 1.77 bits per heavy atom. The second-order valence-corrected chi connectivity index (χ2v) is 18.2. The van der Waals surface area contributed by atoms with Gasteiger partial charge in [-0.3, -0.25) is 9.78 Å². The number of nitrogens with zero attached hydrogens (tertiary/aromatic N) is 2. The Morgan fingerprint density at radius 3 is 2.35 bits per heavy atom. The maximum atomic E-state index is 13.9. The number of nitrogens with two attached hydrogens (primary N) is 1. The molecule has 1 aromatic rings. The van der Waals surface area contributed by atoms with Crippen molar-refractivity contribution in [2.45, 2.75) is 166 Å². The molecule has 0 aromatic carbocycles. The summed E-state index contributed by atoms with van der Waals surface area (Å²) < 4.78 is 25.7. The van der Waals surface area contributed by atoms with Crippen LogP contribution in [-0.4, -0.2) is 41.3 Å². The Balaban J connectivity index is 0.00000138. The van der Waals surface area contributed by atoms with Crippen LogP contribution in [0.3, 0.4) is 0 Å². The Labute approximate surface area is 344 Å². The molecule has 5 aliphatic carbocycles. The molecule has 0 amide bonds. The monoisotopic (exact) mass is 794 g/mol. The average molecular weight is 794 g/mol. The van der Waals surface area contributed by atoms with Crippen molar-refractivity contribution in [3.05, 3.63) is 58.8 Å². The van der Waals surface area contributed by atoms with Crippen LogP contribution in [0.5, 0.6) is 0 Å². The number of ether oxygens (including phenoxy) is 2. The lowest BCUT2D eigenvalue weighted by atomic mass is 9.39. The molecule has 0 aliphatic heterocycles. The predicted octanol–water partition coefficient (Wildman–Crippen LogP) is 11.0. The number of hydrogen-bond donors (Lipinski definition) is 2. The quantitative estimate of drug-likeness (QED) is 0.0435. The molecule has 4 saturated carbocycles. The molecular weight excluding hydrogens is 718 g/mol. The summed E-state index contributed by atoms with van der Waals surface area (Å²) in [6, 6.07) is 3.49. The number of allylic oxidation sites excluding steroid dienone is 3. The topological polar surface area (TPSA) is 124 Å². The van der Waals surface area contributed by atoms with E-state index in [1.807, 2.05) is 41.5 Å². The van der Waals surface area contributed by atoms with Crippen LogP contribution in [0.1, 0.15) is 158 Å². The molecule has 8 atom stereocenters. The SMILES string of the molecule is C=C=C(CC(C)(C)C=O)OC1CCC2(C)C(CCC3(C)C4CCC5(C/C(=N/N)OCc6ccc(CF)cn6)CC(=O)C(C(C)C)=C5C4CCC23)C1.CC.CC.CO. The number of hydrazone groups is 1. The number of ketones is 1. The lowest BCUT2D eigenvalue weighted by Crippen LogP contribution is -2.59. The van der Waals surface area contributed by atoms with Gasteiger partial charge in [-0.25, -0.2) is 4.39 Å². The Kier molecular flexibility index (Phi) is 17.4. The van der Waals surface area contributed by atoms with Gasteiger partial charge in [-0.2, -0.15) is 0 Å². The highest BCUT2D eigenvalue weighted by Gasteiger charge is 2.64. The van der Waals surface area contributed by atoms with E-state index in [4.69, 9.17) is 20.4 Å². The summed E-state index contributed by atoms with van der Waals surface area (Å²) in [5, 5.41) is 11.1. The number of fused-ring (bicyclic) bond motifs is 7. The molecule has 1 aromatic heterocycles. The maximum Gasteiger partial charge on any atom is 0.206 e. The zero-order valence-electron chi connectivity index (χ0n) is 37.3. The van der Waals surface area contributed by atoms with E-state index in [1.54, 1.807) is 12.1 Å². The smallest absolute Gasteiger partial charge is 0.206 e. The van der Waals surface area contributed by atoms with E-state index in [1.165, 1.54) is 31.0 Å². The van der Waals surface area contributed by atoms with Crippen LogP contribution in [0.25, 0.3) is 0 Å². The minimum Gasteiger partial charge on any atom is -0.487 e. The molecule has 0 radical (unpaired) electrons. The number of alkyl halides is 1. The summed E-state index contributed by atoms with van der Waals surface area (Å²) in [7, 11) is 1.00. The van der Waals surface area contributed by atoms with Crippen LogP contribution in [0, 0.1) is 51.2 Å². The fourth-order valence-electron chi connectivity index (χ4n) is 11.9. The molecule has 8 unspecified atom stereocenters. The number of halogens is 1. The summed E-state index contributed by atoms with van der Waals surface area (Å²) in [4.78, 5) is 29.9. The molecule has 320 valence electrons. The molecule has 0 spiro atoms. The first-order valence-electron chi connectivity index (χ1n) is 21.9. The first-order valence-corrected chi connectivity index (χ1v) is 21.9. The third-order valence-electron chi connectivity index (χ3n) is 14.3. The Hall–Kier alpha value is -3.29. The zero-order chi connectivity index (χ0) is 42.8. The normalized spacial score (nSPS) is 31.6. The number of aromatic nitrogens is 1. The third kappa shape index (κ3) is 9.95. The molecule has 8 nitrogen and oxygen atoms in total. The number of aliphatic hydroxyl groups is 1. The van der Waals surface area contributed by atoms with Gasteiger partial charge in [0.1, 0.15) is 25.3 Å². The van der Waals surface area contributed by atoms with Crippen molar-refractivity contribution in [3.8, 4) is 0 Å². The van der Waals surface area contributed by atoms with E-state index >= 15 is 0 Å². The van der Waals surface area contributed by atoms with Crippen LogP contribution in [0.15, 0.2) is 52.6 Å². The number of carbonyl (C=O) groups excluding carboxylic acids is 2. The number of rotatable bonds is 11. The Bertz CT molecular complexity index is 1610. The molecular formula is C48H76FN3O5. The molecule has 0 bridgehead atoms. The van der Waals surface area contributed by atoms with Gasteiger partial charge in [-0.15, -0.1) is 5.10 Å². The van der Waals surface area contributed by atoms with Gasteiger partial charge < -0.3 is 25.2 Å². The van der Waals surface area contributed by atoms with Gasteiger partial charge in [0.15, 0.2) is 5.78 Å². The van der Waals surface area contributed by atoms with Crippen molar-refractivity contribution in [1.29, 1.82) is 0 Å². The molecule has 1 heterocycles. The predicted molar refractivity (Wildman–Crippen MR) is 229 cm³/mol.